The van der Waals surface area contributed by atoms with Crippen LogP contribution in [0.15, 0.2) is 17.2 Å². The Morgan fingerprint density at radius 1 is 1.50 bits per heavy atom. The summed E-state index contributed by atoms with van der Waals surface area (Å²) >= 11 is 0. The average Bonchev–Trinajstić information content (AvgIpc) is 2.24. The molecule has 1 aromatic heterocycles. The van der Waals surface area contributed by atoms with Crippen LogP contribution in [0.5, 0.6) is 0 Å². The lowest BCUT2D eigenvalue weighted by molar-refractivity contribution is 0.0684. The van der Waals surface area contributed by atoms with Crippen LogP contribution in [0.2, 0.25) is 25.7 Å². The van der Waals surface area contributed by atoms with Crippen molar-refractivity contribution in [2.45, 2.75) is 32.4 Å². The number of aromatic carboxylic acids is 1. The van der Waals surface area contributed by atoms with E-state index in [0.717, 1.165) is 12.1 Å². The minimum atomic E-state index is -1.21. The predicted molar refractivity (Wildman–Crippen MR) is 69.6 cm³/mol. The Balaban J connectivity index is 2.54. The molecule has 0 aromatic carbocycles. The summed E-state index contributed by atoms with van der Waals surface area (Å²) in [6.07, 6.45) is 1.19. The van der Waals surface area contributed by atoms with Crippen LogP contribution in [0, 0.1) is 0 Å². The minimum Gasteiger partial charge on any atom is -0.477 e. The third-order valence-corrected chi connectivity index (χ3v) is 4.03. The Morgan fingerprint density at radius 2 is 2.17 bits per heavy atom. The van der Waals surface area contributed by atoms with E-state index >= 15 is 0 Å². The van der Waals surface area contributed by atoms with Gasteiger partial charge in [-0.25, -0.2) is 9.78 Å². The van der Waals surface area contributed by atoms with E-state index in [4.69, 9.17) is 9.84 Å². The van der Waals surface area contributed by atoms with Crippen LogP contribution in [0.1, 0.15) is 10.5 Å². The maximum Gasteiger partial charge on any atom is 0.354 e. The lowest BCUT2D eigenvalue weighted by Crippen LogP contribution is -2.25. The molecule has 0 radical (unpaired) electrons. The highest BCUT2D eigenvalue weighted by Crippen LogP contribution is 2.07. The van der Waals surface area contributed by atoms with Gasteiger partial charge in [-0.2, -0.15) is 0 Å². The van der Waals surface area contributed by atoms with E-state index in [1.54, 1.807) is 0 Å². The molecule has 0 aliphatic heterocycles. The summed E-state index contributed by atoms with van der Waals surface area (Å²) in [6, 6.07) is 2.01. The zero-order valence-corrected chi connectivity index (χ0v) is 11.8. The molecule has 1 rings (SSSR count). The van der Waals surface area contributed by atoms with Gasteiger partial charge in [0.05, 0.1) is 0 Å². The van der Waals surface area contributed by atoms with Gasteiger partial charge in [0.25, 0.3) is 5.56 Å². The number of rotatable bonds is 6. The quantitative estimate of drug-likeness (QED) is 0.621. The van der Waals surface area contributed by atoms with E-state index < -0.39 is 19.6 Å². The van der Waals surface area contributed by atoms with Gasteiger partial charge in [0, 0.05) is 20.7 Å². The molecule has 0 aliphatic carbocycles. The van der Waals surface area contributed by atoms with E-state index in [2.05, 4.69) is 24.6 Å². The molecule has 1 N–H and O–H groups in total. The fraction of sp³-hybridized carbons (Fsp3) is 0.545. The average molecular weight is 270 g/mol. The normalized spacial score (nSPS) is 11.5. The fourth-order valence-electron chi connectivity index (χ4n) is 1.18. The van der Waals surface area contributed by atoms with Gasteiger partial charge >= 0.3 is 5.97 Å². The third-order valence-electron chi connectivity index (χ3n) is 2.33. The number of ether oxygens (including phenoxy) is 1. The molecule has 1 aromatic rings. The Hall–Kier alpha value is -1.47. The monoisotopic (exact) mass is 270 g/mol. The molecular weight excluding hydrogens is 252 g/mol. The van der Waals surface area contributed by atoms with Gasteiger partial charge in [0.1, 0.15) is 13.1 Å². The second-order valence-electron chi connectivity index (χ2n) is 5.24. The summed E-state index contributed by atoms with van der Waals surface area (Å²) < 4.78 is 6.63. The minimum absolute atomic E-state index is 0.107. The molecular formula is C11H18N2O4Si. The number of carboxylic acid groups (broad SMARTS) is 1. The first-order valence-electron chi connectivity index (χ1n) is 5.67. The Bertz CT molecular complexity index is 479. The van der Waals surface area contributed by atoms with Gasteiger partial charge in [-0.3, -0.25) is 9.36 Å². The summed E-state index contributed by atoms with van der Waals surface area (Å²) in [5.41, 5.74) is -0.672. The second kappa shape index (κ2) is 5.92. The largest absolute Gasteiger partial charge is 0.477 e. The van der Waals surface area contributed by atoms with E-state index in [1.165, 1.54) is 10.9 Å². The first kappa shape index (κ1) is 14.6. The topological polar surface area (TPSA) is 81.4 Å². The van der Waals surface area contributed by atoms with Crippen molar-refractivity contribution in [1.29, 1.82) is 0 Å². The van der Waals surface area contributed by atoms with Gasteiger partial charge in [0.2, 0.25) is 0 Å². The molecule has 0 fully saturated rings. The number of carboxylic acids is 1. The molecule has 0 saturated carbocycles. The molecule has 0 bridgehead atoms. The summed E-state index contributed by atoms with van der Waals surface area (Å²) in [5.74, 6) is -1.21. The first-order chi connectivity index (χ1) is 8.29. The highest BCUT2D eigenvalue weighted by Gasteiger charge is 2.12. The molecule has 7 heteroatoms. The van der Waals surface area contributed by atoms with Crippen molar-refractivity contribution >= 4 is 14.0 Å². The fourth-order valence-corrected chi connectivity index (χ4v) is 1.94. The van der Waals surface area contributed by atoms with Crippen LogP contribution in [-0.4, -0.2) is 35.3 Å². The summed E-state index contributed by atoms with van der Waals surface area (Å²) in [4.78, 5) is 25.8. The number of carbonyl (C=O) groups is 1. The van der Waals surface area contributed by atoms with Crippen LogP contribution in [0.3, 0.4) is 0 Å². The molecule has 18 heavy (non-hydrogen) atoms. The van der Waals surface area contributed by atoms with Crippen molar-refractivity contribution in [2.24, 2.45) is 0 Å². The van der Waals surface area contributed by atoms with Crippen molar-refractivity contribution in [2.75, 3.05) is 6.61 Å². The van der Waals surface area contributed by atoms with Crippen molar-refractivity contribution in [3.63, 3.8) is 0 Å². The highest BCUT2D eigenvalue weighted by atomic mass is 28.3. The summed E-state index contributed by atoms with van der Waals surface area (Å²) in [5, 5.41) is 8.67. The maximum absolute atomic E-state index is 11.5. The molecule has 0 aliphatic rings. The van der Waals surface area contributed by atoms with Crippen LogP contribution >= 0.6 is 0 Å². The van der Waals surface area contributed by atoms with E-state index in [9.17, 15) is 9.59 Å². The van der Waals surface area contributed by atoms with Crippen LogP contribution < -0.4 is 5.56 Å². The molecule has 0 spiro atoms. The molecule has 0 amide bonds. The smallest absolute Gasteiger partial charge is 0.354 e. The summed E-state index contributed by atoms with van der Waals surface area (Å²) in [7, 11) is -1.14. The van der Waals surface area contributed by atoms with Crippen molar-refractivity contribution < 1.29 is 14.6 Å². The Kier molecular flexibility index (Phi) is 4.80. The van der Waals surface area contributed by atoms with E-state index in [0.29, 0.717) is 6.61 Å². The predicted octanol–water partition coefficient (Wildman–Crippen LogP) is 1.25. The summed E-state index contributed by atoms with van der Waals surface area (Å²) in [6.45, 7) is 7.43. The van der Waals surface area contributed by atoms with Crippen LogP contribution in [0.25, 0.3) is 0 Å². The molecule has 100 valence electrons. The van der Waals surface area contributed by atoms with E-state index in [1.807, 2.05) is 0 Å². The van der Waals surface area contributed by atoms with Gasteiger partial charge in [-0.15, -0.1) is 0 Å². The standard InChI is InChI=1S/C11H18N2O4Si/c1-18(2,3)5-4-17-8-13-7-12-9(11(15)16)6-10(13)14/h6-7H,4-5,8H2,1-3H3,(H,15,16). The maximum atomic E-state index is 11.5. The second-order valence-corrected chi connectivity index (χ2v) is 10.9. The van der Waals surface area contributed by atoms with Gasteiger partial charge in [-0.1, -0.05) is 19.6 Å². The van der Waals surface area contributed by atoms with Crippen LogP contribution in [-0.2, 0) is 11.5 Å². The lowest BCUT2D eigenvalue weighted by Gasteiger charge is -2.15. The van der Waals surface area contributed by atoms with Gasteiger partial charge in [0.15, 0.2) is 5.69 Å². The molecule has 0 saturated heterocycles. The number of hydrogen-bond acceptors (Lipinski definition) is 4. The van der Waals surface area contributed by atoms with Gasteiger partial charge in [-0.05, 0) is 6.04 Å². The van der Waals surface area contributed by atoms with Crippen LogP contribution in [0.4, 0.5) is 0 Å². The first-order valence-corrected chi connectivity index (χ1v) is 9.38. The number of nitrogens with zero attached hydrogens (tertiary/aromatic N) is 2. The molecule has 0 unspecified atom stereocenters. The molecule has 6 nitrogen and oxygen atoms in total. The SMILES string of the molecule is C[Si](C)(C)CCOCn1cnc(C(=O)O)cc1=O. The van der Waals surface area contributed by atoms with Crippen molar-refractivity contribution in [3.8, 4) is 0 Å². The lowest BCUT2D eigenvalue weighted by atomic mass is 10.4. The van der Waals surface area contributed by atoms with Crippen molar-refractivity contribution in [1.82, 2.24) is 9.55 Å². The number of hydrogen-bond donors (Lipinski definition) is 1. The highest BCUT2D eigenvalue weighted by molar-refractivity contribution is 6.76. The zero-order valence-electron chi connectivity index (χ0n) is 10.8. The Labute approximate surface area is 106 Å². The van der Waals surface area contributed by atoms with Crippen molar-refractivity contribution in [3.05, 3.63) is 28.4 Å². The molecule has 1 heterocycles. The Morgan fingerprint density at radius 3 is 2.67 bits per heavy atom. The zero-order chi connectivity index (χ0) is 13.8. The third kappa shape index (κ3) is 4.80. The van der Waals surface area contributed by atoms with Gasteiger partial charge < -0.3 is 9.84 Å². The number of aromatic nitrogens is 2. The molecule has 0 atom stereocenters. The van der Waals surface area contributed by atoms with E-state index in [-0.39, 0.29) is 12.4 Å².